The fraction of sp³-hybridized carbons (Fsp3) is 0.500. The molecule has 0 radical (unpaired) electrons. The Morgan fingerprint density at radius 2 is 1.69 bits per heavy atom. The normalized spacial score (nSPS) is 19.2. The third-order valence-electron chi connectivity index (χ3n) is 6.34. The average Bonchev–Trinajstić information content (AvgIpc) is 3.49. The first-order valence-corrected chi connectivity index (χ1v) is 11.7. The standard InChI is InChI=1S/C26H36N4O.HI/c1-27-26(28-17-22-9-11-23(12-10-22)18-29-14-5-6-15-29)30-16-13-25(19-30)21-31-20-24-7-3-2-4-8-24;/h2-4,7-12,25H,5-6,13-21H2,1H3,(H,27,28);1H. The van der Waals surface area contributed by atoms with Gasteiger partial charge in [0.2, 0.25) is 0 Å². The van der Waals surface area contributed by atoms with Crippen molar-refractivity contribution in [2.45, 2.75) is 39.0 Å². The Morgan fingerprint density at radius 1 is 0.969 bits per heavy atom. The lowest BCUT2D eigenvalue weighted by Crippen LogP contribution is -2.39. The summed E-state index contributed by atoms with van der Waals surface area (Å²) in [6, 6.07) is 19.4. The molecular formula is C26H37IN4O. The van der Waals surface area contributed by atoms with Crippen molar-refractivity contribution in [3.8, 4) is 0 Å². The molecule has 0 amide bonds. The summed E-state index contributed by atoms with van der Waals surface area (Å²) >= 11 is 0. The zero-order valence-corrected chi connectivity index (χ0v) is 21.5. The van der Waals surface area contributed by atoms with Crippen molar-refractivity contribution in [3.05, 3.63) is 71.3 Å². The van der Waals surface area contributed by atoms with Gasteiger partial charge in [-0.3, -0.25) is 9.89 Å². The maximum absolute atomic E-state index is 5.96. The molecule has 2 aromatic carbocycles. The number of hydrogen-bond acceptors (Lipinski definition) is 3. The SMILES string of the molecule is CN=C(NCc1ccc(CN2CCCC2)cc1)N1CCC(COCc2ccccc2)C1.I. The third kappa shape index (κ3) is 7.46. The predicted molar refractivity (Wildman–Crippen MR) is 142 cm³/mol. The maximum Gasteiger partial charge on any atom is 0.193 e. The Kier molecular flexibility index (Phi) is 10.3. The minimum Gasteiger partial charge on any atom is -0.376 e. The molecule has 0 saturated carbocycles. The van der Waals surface area contributed by atoms with Crippen LogP contribution in [0.2, 0.25) is 0 Å². The summed E-state index contributed by atoms with van der Waals surface area (Å²) in [5, 5.41) is 3.55. The first-order chi connectivity index (χ1) is 15.3. The lowest BCUT2D eigenvalue weighted by atomic mass is 10.1. The van der Waals surface area contributed by atoms with E-state index < -0.39 is 0 Å². The van der Waals surface area contributed by atoms with Gasteiger partial charge >= 0.3 is 0 Å². The quantitative estimate of drug-likeness (QED) is 0.300. The highest BCUT2D eigenvalue weighted by atomic mass is 127. The molecule has 2 aromatic rings. The van der Waals surface area contributed by atoms with Crippen LogP contribution in [-0.4, -0.2) is 55.6 Å². The Bertz CT molecular complexity index is 821. The van der Waals surface area contributed by atoms with Gasteiger partial charge in [-0.15, -0.1) is 24.0 Å². The van der Waals surface area contributed by atoms with Crippen LogP contribution in [0.3, 0.4) is 0 Å². The average molecular weight is 549 g/mol. The van der Waals surface area contributed by atoms with Gasteiger partial charge in [-0.2, -0.15) is 0 Å². The van der Waals surface area contributed by atoms with E-state index in [4.69, 9.17) is 4.74 Å². The smallest absolute Gasteiger partial charge is 0.193 e. The fourth-order valence-corrected chi connectivity index (χ4v) is 4.55. The number of guanidine groups is 1. The molecule has 0 aromatic heterocycles. The number of nitrogens with one attached hydrogen (secondary N) is 1. The summed E-state index contributed by atoms with van der Waals surface area (Å²) in [5.74, 6) is 1.55. The van der Waals surface area contributed by atoms with Crippen LogP contribution in [0.1, 0.15) is 36.0 Å². The van der Waals surface area contributed by atoms with Crippen LogP contribution in [0.25, 0.3) is 0 Å². The van der Waals surface area contributed by atoms with Crippen molar-refractivity contribution in [1.82, 2.24) is 15.1 Å². The monoisotopic (exact) mass is 548 g/mol. The van der Waals surface area contributed by atoms with Crippen LogP contribution in [-0.2, 0) is 24.4 Å². The van der Waals surface area contributed by atoms with Gasteiger partial charge in [0, 0.05) is 39.1 Å². The molecule has 1 N–H and O–H groups in total. The Labute approximate surface area is 210 Å². The van der Waals surface area contributed by atoms with Crippen LogP contribution in [0.15, 0.2) is 59.6 Å². The molecule has 0 bridgehead atoms. The van der Waals surface area contributed by atoms with Crippen LogP contribution in [0.5, 0.6) is 0 Å². The first-order valence-electron chi connectivity index (χ1n) is 11.7. The number of rotatable bonds is 8. The van der Waals surface area contributed by atoms with E-state index in [2.05, 4.69) is 68.6 Å². The van der Waals surface area contributed by atoms with Crippen molar-refractivity contribution >= 4 is 29.9 Å². The van der Waals surface area contributed by atoms with E-state index in [9.17, 15) is 0 Å². The van der Waals surface area contributed by atoms with Gasteiger partial charge in [-0.05, 0) is 49.0 Å². The largest absolute Gasteiger partial charge is 0.376 e. The highest BCUT2D eigenvalue weighted by molar-refractivity contribution is 14.0. The molecule has 5 nitrogen and oxygen atoms in total. The second-order valence-corrected chi connectivity index (χ2v) is 8.80. The minimum atomic E-state index is 0. The summed E-state index contributed by atoms with van der Waals surface area (Å²) in [6.45, 7) is 7.91. The lowest BCUT2D eigenvalue weighted by molar-refractivity contribution is 0.0906. The first kappa shape index (κ1) is 25.0. The van der Waals surface area contributed by atoms with E-state index >= 15 is 0 Å². The molecule has 174 valence electrons. The molecular weight excluding hydrogens is 511 g/mol. The summed E-state index contributed by atoms with van der Waals surface area (Å²) in [7, 11) is 1.88. The van der Waals surface area contributed by atoms with E-state index in [0.717, 1.165) is 45.2 Å². The van der Waals surface area contributed by atoms with Crippen LogP contribution in [0.4, 0.5) is 0 Å². The molecule has 2 heterocycles. The molecule has 2 saturated heterocycles. The molecule has 2 fully saturated rings. The van der Waals surface area contributed by atoms with E-state index in [1.807, 2.05) is 13.1 Å². The third-order valence-corrected chi connectivity index (χ3v) is 6.34. The molecule has 0 aliphatic carbocycles. The number of hydrogen-bond donors (Lipinski definition) is 1. The van der Waals surface area contributed by atoms with E-state index in [1.165, 1.54) is 42.6 Å². The van der Waals surface area contributed by atoms with Crippen molar-refractivity contribution in [1.29, 1.82) is 0 Å². The van der Waals surface area contributed by atoms with Gasteiger partial charge in [-0.1, -0.05) is 54.6 Å². The molecule has 0 spiro atoms. The number of ether oxygens (including phenoxy) is 1. The molecule has 6 heteroatoms. The van der Waals surface area contributed by atoms with E-state index in [-0.39, 0.29) is 24.0 Å². The maximum atomic E-state index is 5.96. The van der Waals surface area contributed by atoms with Crippen LogP contribution >= 0.6 is 24.0 Å². The molecule has 4 rings (SSSR count). The molecule has 1 unspecified atom stereocenters. The molecule has 32 heavy (non-hydrogen) atoms. The Balaban J connectivity index is 0.00000289. The fourth-order valence-electron chi connectivity index (χ4n) is 4.55. The second-order valence-electron chi connectivity index (χ2n) is 8.80. The van der Waals surface area contributed by atoms with Gasteiger partial charge < -0.3 is 15.0 Å². The van der Waals surface area contributed by atoms with Crippen LogP contribution < -0.4 is 5.32 Å². The van der Waals surface area contributed by atoms with Crippen molar-refractivity contribution in [2.75, 3.05) is 39.8 Å². The van der Waals surface area contributed by atoms with Crippen molar-refractivity contribution < 1.29 is 4.74 Å². The number of aliphatic imine (C=N–C) groups is 1. The zero-order chi connectivity index (χ0) is 21.3. The molecule has 2 aliphatic rings. The number of benzene rings is 2. The topological polar surface area (TPSA) is 40.1 Å². The highest BCUT2D eigenvalue weighted by Gasteiger charge is 2.25. The van der Waals surface area contributed by atoms with Gasteiger partial charge in [0.25, 0.3) is 0 Å². The van der Waals surface area contributed by atoms with Gasteiger partial charge in [0.15, 0.2) is 5.96 Å². The van der Waals surface area contributed by atoms with Gasteiger partial charge in [0.05, 0.1) is 13.2 Å². The zero-order valence-electron chi connectivity index (χ0n) is 19.2. The molecule has 1 atom stereocenters. The van der Waals surface area contributed by atoms with Crippen LogP contribution in [0, 0.1) is 5.92 Å². The summed E-state index contributed by atoms with van der Waals surface area (Å²) in [6.07, 6.45) is 3.84. The predicted octanol–water partition coefficient (Wildman–Crippen LogP) is 4.51. The van der Waals surface area contributed by atoms with Gasteiger partial charge in [0.1, 0.15) is 0 Å². The highest BCUT2D eigenvalue weighted by Crippen LogP contribution is 2.18. The van der Waals surface area contributed by atoms with E-state index in [0.29, 0.717) is 12.5 Å². The Hall–Kier alpha value is -1.64. The number of nitrogens with zero attached hydrogens (tertiary/aromatic N) is 3. The van der Waals surface area contributed by atoms with Crippen molar-refractivity contribution in [3.63, 3.8) is 0 Å². The summed E-state index contributed by atoms with van der Waals surface area (Å²) in [5.41, 5.74) is 3.95. The van der Waals surface area contributed by atoms with E-state index in [1.54, 1.807) is 0 Å². The lowest BCUT2D eigenvalue weighted by Gasteiger charge is -2.22. The summed E-state index contributed by atoms with van der Waals surface area (Å²) < 4.78 is 5.96. The van der Waals surface area contributed by atoms with Crippen molar-refractivity contribution in [2.24, 2.45) is 10.9 Å². The number of likely N-dealkylation sites (tertiary alicyclic amines) is 2. The molecule has 2 aliphatic heterocycles. The number of halogens is 1. The van der Waals surface area contributed by atoms with Gasteiger partial charge in [-0.25, -0.2) is 0 Å². The second kappa shape index (κ2) is 13.2. The minimum absolute atomic E-state index is 0. The summed E-state index contributed by atoms with van der Waals surface area (Å²) in [4.78, 5) is 9.42. The Morgan fingerprint density at radius 3 is 2.41 bits per heavy atom.